The average molecular weight is 297 g/mol. The number of hydrogen-bond donors (Lipinski definition) is 0. The Balaban J connectivity index is 1.69. The minimum Gasteiger partial charge on any atom is -0.484 e. The van der Waals surface area contributed by atoms with E-state index in [0.29, 0.717) is 17.5 Å². The predicted octanol–water partition coefficient (Wildman–Crippen LogP) is 3.22. The van der Waals surface area contributed by atoms with Gasteiger partial charge in [0, 0.05) is 11.6 Å². The second kappa shape index (κ2) is 6.04. The maximum absolute atomic E-state index is 10.7. The van der Waals surface area contributed by atoms with E-state index in [1.165, 1.54) is 12.1 Å². The van der Waals surface area contributed by atoms with E-state index in [0.717, 1.165) is 5.56 Å². The topological polar surface area (TPSA) is 91.3 Å². The van der Waals surface area contributed by atoms with Gasteiger partial charge in [0.15, 0.2) is 6.61 Å². The molecule has 1 heterocycles. The van der Waals surface area contributed by atoms with Gasteiger partial charge in [-0.2, -0.15) is 4.98 Å². The molecule has 0 radical (unpaired) electrons. The second-order valence-electron chi connectivity index (χ2n) is 4.42. The highest BCUT2D eigenvalue weighted by molar-refractivity contribution is 5.53. The number of hydrogen-bond acceptors (Lipinski definition) is 6. The van der Waals surface area contributed by atoms with Crippen LogP contribution in [-0.4, -0.2) is 15.1 Å². The zero-order valence-corrected chi connectivity index (χ0v) is 11.4. The molecule has 1 aromatic heterocycles. The molecule has 0 aliphatic heterocycles. The fraction of sp³-hybridized carbons (Fsp3) is 0.0667. The summed E-state index contributed by atoms with van der Waals surface area (Å²) in [5, 5.41) is 14.6. The lowest BCUT2D eigenvalue weighted by Gasteiger charge is -2.02. The molecule has 3 rings (SSSR count). The Kier molecular flexibility index (Phi) is 3.78. The molecule has 0 saturated carbocycles. The molecule has 0 unspecified atom stereocenters. The summed E-state index contributed by atoms with van der Waals surface area (Å²) in [4.78, 5) is 14.4. The minimum absolute atomic E-state index is 0.0343. The van der Waals surface area contributed by atoms with E-state index in [1.54, 1.807) is 12.1 Å². The molecule has 0 fully saturated rings. The van der Waals surface area contributed by atoms with E-state index in [4.69, 9.17) is 9.26 Å². The molecule has 110 valence electrons. The molecule has 0 amide bonds. The highest BCUT2D eigenvalue weighted by Gasteiger charge is 2.10. The Labute approximate surface area is 125 Å². The van der Waals surface area contributed by atoms with Gasteiger partial charge >= 0.3 is 0 Å². The van der Waals surface area contributed by atoms with Crippen LogP contribution < -0.4 is 4.74 Å². The van der Waals surface area contributed by atoms with Gasteiger partial charge in [-0.05, 0) is 6.07 Å². The number of nitro benzene ring substituents is 1. The van der Waals surface area contributed by atoms with Crippen molar-refractivity contribution in [3.8, 4) is 17.1 Å². The normalized spacial score (nSPS) is 10.4. The molecule has 2 aromatic carbocycles. The zero-order valence-electron chi connectivity index (χ0n) is 11.4. The van der Waals surface area contributed by atoms with Crippen molar-refractivity contribution >= 4 is 5.69 Å². The summed E-state index contributed by atoms with van der Waals surface area (Å²) in [5.74, 6) is 1.14. The van der Waals surface area contributed by atoms with Crippen LogP contribution in [0.4, 0.5) is 5.69 Å². The van der Waals surface area contributed by atoms with E-state index in [1.807, 2.05) is 30.3 Å². The van der Waals surface area contributed by atoms with Crippen LogP contribution in [0, 0.1) is 10.1 Å². The second-order valence-corrected chi connectivity index (χ2v) is 4.42. The van der Waals surface area contributed by atoms with Crippen molar-refractivity contribution in [3.05, 3.63) is 70.6 Å². The van der Waals surface area contributed by atoms with Crippen LogP contribution in [0.2, 0.25) is 0 Å². The van der Waals surface area contributed by atoms with Crippen molar-refractivity contribution in [1.29, 1.82) is 0 Å². The maximum atomic E-state index is 10.7. The van der Waals surface area contributed by atoms with Gasteiger partial charge < -0.3 is 9.26 Å². The van der Waals surface area contributed by atoms with Crippen molar-refractivity contribution < 1.29 is 14.2 Å². The van der Waals surface area contributed by atoms with Crippen LogP contribution in [0.15, 0.2) is 59.1 Å². The predicted molar refractivity (Wildman–Crippen MR) is 77.2 cm³/mol. The van der Waals surface area contributed by atoms with Crippen LogP contribution in [0.25, 0.3) is 11.4 Å². The van der Waals surface area contributed by atoms with E-state index >= 15 is 0 Å². The molecule has 7 nitrogen and oxygen atoms in total. The first-order valence-corrected chi connectivity index (χ1v) is 6.47. The summed E-state index contributed by atoms with van der Waals surface area (Å²) in [6.45, 7) is 0.0427. The summed E-state index contributed by atoms with van der Waals surface area (Å²) < 4.78 is 10.5. The van der Waals surface area contributed by atoms with Gasteiger partial charge in [0.05, 0.1) is 11.0 Å². The molecular formula is C15H11N3O4. The standard InChI is InChI=1S/C15H11N3O4/c19-18(20)12-7-4-8-13(9-12)21-10-14-16-15(17-22-14)11-5-2-1-3-6-11/h1-9H,10H2. The summed E-state index contributed by atoms with van der Waals surface area (Å²) in [6.07, 6.45) is 0. The number of non-ortho nitro benzene ring substituents is 1. The number of nitro groups is 1. The molecule has 0 saturated heterocycles. The van der Waals surface area contributed by atoms with Crippen LogP contribution in [-0.2, 0) is 6.61 Å². The Morgan fingerprint density at radius 3 is 2.73 bits per heavy atom. The number of aromatic nitrogens is 2. The van der Waals surface area contributed by atoms with Crippen molar-refractivity contribution in [2.75, 3.05) is 0 Å². The lowest BCUT2D eigenvalue weighted by molar-refractivity contribution is -0.384. The van der Waals surface area contributed by atoms with E-state index in [9.17, 15) is 10.1 Å². The van der Waals surface area contributed by atoms with Gasteiger partial charge in [0.25, 0.3) is 11.6 Å². The first kappa shape index (κ1) is 13.7. The average Bonchev–Trinajstić information content (AvgIpc) is 3.03. The molecule has 0 aliphatic carbocycles. The molecule has 0 aliphatic rings. The number of benzene rings is 2. The lowest BCUT2D eigenvalue weighted by atomic mass is 10.2. The Morgan fingerprint density at radius 1 is 1.14 bits per heavy atom. The van der Waals surface area contributed by atoms with Crippen molar-refractivity contribution in [1.82, 2.24) is 10.1 Å². The highest BCUT2D eigenvalue weighted by Crippen LogP contribution is 2.20. The van der Waals surface area contributed by atoms with Crippen LogP contribution in [0.5, 0.6) is 5.75 Å². The summed E-state index contributed by atoms with van der Waals surface area (Å²) in [7, 11) is 0. The Bertz CT molecular complexity index is 786. The van der Waals surface area contributed by atoms with Gasteiger partial charge in [-0.1, -0.05) is 41.6 Å². The lowest BCUT2D eigenvalue weighted by Crippen LogP contribution is -1.96. The molecule has 0 spiro atoms. The zero-order chi connectivity index (χ0) is 15.4. The quantitative estimate of drug-likeness (QED) is 0.530. The fourth-order valence-electron chi connectivity index (χ4n) is 1.85. The van der Waals surface area contributed by atoms with Crippen molar-refractivity contribution in [2.24, 2.45) is 0 Å². The molecule has 0 atom stereocenters. The molecule has 22 heavy (non-hydrogen) atoms. The van der Waals surface area contributed by atoms with Crippen LogP contribution >= 0.6 is 0 Å². The van der Waals surface area contributed by atoms with Crippen molar-refractivity contribution in [2.45, 2.75) is 6.61 Å². The molecule has 3 aromatic rings. The van der Waals surface area contributed by atoms with E-state index in [-0.39, 0.29) is 12.3 Å². The summed E-state index contributed by atoms with van der Waals surface area (Å²) in [5.41, 5.74) is 0.806. The Morgan fingerprint density at radius 2 is 1.95 bits per heavy atom. The maximum Gasteiger partial charge on any atom is 0.273 e. The third-order valence-corrected chi connectivity index (χ3v) is 2.89. The van der Waals surface area contributed by atoms with E-state index < -0.39 is 4.92 Å². The van der Waals surface area contributed by atoms with E-state index in [2.05, 4.69) is 10.1 Å². The van der Waals surface area contributed by atoms with Gasteiger partial charge in [0.1, 0.15) is 5.75 Å². The summed E-state index contributed by atoms with van der Waals surface area (Å²) >= 11 is 0. The third-order valence-electron chi connectivity index (χ3n) is 2.89. The SMILES string of the molecule is O=[N+]([O-])c1cccc(OCc2nc(-c3ccccc3)no2)c1. The van der Waals surface area contributed by atoms with Gasteiger partial charge in [0.2, 0.25) is 5.82 Å². The third kappa shape index (κ3) is 3.09. The molecule has 7 heteroatoms. The first-order chi connectivity index (χ1) is 10.7. The molecule has 0 bridgehead atoms. The highest BCUT2D eigenvalue weighted by atomic mass is 16.6. The minimum atomic E-state index is -0.479. The summed E-state index contributed by atoms with van der Waals surface area (Å²) in [6, 6.07) is 15.3. The van der Waals surface area contributed by atoms with Crippen LogP contribution in [0.1, 0.15) is 5.89 Å². The van der Waals surface area contributed by atoms with Crippen molar-refractivity contribution in [3.63, 3.8) is 0 Å². The fourth-order valence-corrected chi connectivity index (χ4v) is 1.85. The molecular weight excluding hydrogens is 286 g/mol. The van der Waals surface area contributed by atoms with Gasteiger partial charge in [-0.15, -0.1) is 0 Å². The smallest absolute Gasteiger partial charge is 0.273 e. The first-order valence-electron chi connectivity index (χ1n) is 6.47. The largest absolute Gasteiger partial charge is 0.484 e. The monoisotopic (exact) mass is 297 g/mol. The number of rotatable bonds is 5. The van der Waals surface area contributed by atoms with Gasteiger partial charge in [-0.3, -0.25) is 10.1 Å². The number of nitrogens with zero attached hydrogens (tertiary/aromatic N) is 3. The molecule has 0 N–H and O–H groups in total. The number of ether oxygens (including phenoxy) is 1. The van der Waals surface area contributed by atoms with Gasteiger partial charge in [-0.25, -0.2) is 0 Å². The Hall–Kier alpha value is -3.22. The van der Waals surface area contributed by atoms with Crippen LogP contribution in [0.3, 0.4) is 0 Å².